The molecule has 20 heavy (non-hydrogen) atoms. The Kier molecular flexibility index (Phi) is 3.28. The van der Waals surface area contributed by atoms with Gasteiger partial charge in [-0.15, -0.1) is 0 Å². The Morgan fingerprint density at radius 1 is 1.15 bits per heavy atom. The first-order valence-corrected chi connectivity index (χ1v) is 6.97. The van der Waals surface area contributed by atoms with Crippen LogP contribution in [0.1, 0.15) is 5.56 Å². The molecular formula is C15H13BrN4. The highest BCUT2D eigenvalue weighted by Crippen LogP contribution is 2.26. The molecule has 0 aliphatic carbocycles. The molecule has 2 heterocycles. The van der Waals surface area contributed by atoms with Crippen LogP contribution < -0.4 is 5.73 Å². The van der Waals surface area contributed by atoms with Gasteiger partial charge in [-0.05, 0) is 36.8 Å². The van der Waals surface area contributed by atoms with Crippen molar-refractivity contribution in [2.75, 3.05) is 5.73 Å². The fourth-order valence-electron chi connectivity index (χ4n) is 1.98. The lowest BCUT2D eigenvalue weighted by molar-refractivity contribution is 0.848. The van der Waals surface area contributed by atoms with Gasteiger partial charge >= 0.3 is 0 Å². The number of anilines is 1. The second-order valence-corrected chi connectivity index (χ2v) is 5.49. The highest BCUT2D eigenvalue weighted by Gasteiger charge is 2.10. The predicted molar refractivity (Wildman–Crippen MR) is 83.6 cm³/mol. The third-order valence-electron chi connectivity index (χ3n) is 3.00. The fraction of sp³-hybridized carbons (Fsp3) is 0.0667. The standard InChI is InChI=1S/C15H13BrN4/c1-10-6-7-18-14(8-10)20-9-13(17)15(19-20)11-2-4-12(16)5-3-11/h2-9H,17H2,1H3. The van der Waals surface area contributed by atoms with Crippen LogP contribution in [0.2, 0.25) is 0 Å². The zero-order chi connectivity index (χ0) is 14.1. The van der Waals surface area contributed by atoms with Crippen molar-refractivity contribution in [3.63, 3.8) is 0 Å². The summed E-state index contributed by atoms with van der Waals surface area (Å²) in [6.45, 7) is 2.02. The highest BCUT2D eigenvalue weighted by atomic mass is 79.9. The van der Waals surface area contributed by atoms with E-state index in [1.807, 2.05) is 43.3 Å². The van der Waals surface area contributed by atoms with Crippen LogP contribution >= 0.6 is 15.9 Å². The van der Waals surface area contributed by atoms with Crippen molar-refractivity contribution >= 4 is 21.6 Å². The lowest BCUT2D eigenvalue weighted by atomic mass is 10.1. The van der Waals surface area contributed by atoms with Gasteiger partial charge in [-0.1, -0.05) is 28.1 Å². The van der Waals surface area contributed by atoms with E-state index in [9.17, 15) is 0 Å². The van der Waals surface area contributed by atoms with E-state index >= 15 is 0 Å². The molecule has 4 nitrogen and oxygen atoms in total. The number of rotatable bonds is 2. The molecule has 0 saturated heterocycles. The number of aryl methyl sites for hydroxylation is 1. The zero-order valence-corrected chi connectivity index (χ0v) is 12.5. The van der Waals surface area contributed by atoms with Crippen molar-refractivity contribution in [3.05, 3.63) is 58.8 Å². The van der Waals surface area contributed by atoms with Crippen molar-refractivity contribution in [3.8, 4) is 17.1 Å². The number of aromatic nitrogens is 3. The first-order chi connectivity index (χ1) is 9.63. The van der Waals surface area contributed by atoms with Crippen molar-refractivity contribution in [2.24, 2.45) is 0 Å². The average Bonchev–Trinajstić information content (AvgIpc) is 2.82. The average molecular weight is 329 g/mol. The maximum Gasteiger partial charge on any atom is 0.153 e. The Balaban J connectivity index is 2.05. The van der Waals surface area contributed by atoms with E-state index < -0.39 is 0 Å². The van der Waals surface area contributed by atoms with E-state index in [-0.39, 0.29) is 0 Å². The summed E-state index contributed by atoms with van der Waals surface area (Å²) in [6.07, 6.45) is 3.56. The number of halogens is 1. The number of nitrogen functional groups attached to an aromatic ring is 1. The van der Waals surface area contributed by atoms with E-state index in [4.69, 9.17) is 5.73 Å². The number of pyridine rings is 1. The molecular weight excluding hydrogens is 316 g/mol. The molecule has 100 valence electrons. The summed E-state index contributed by atoms with van der Waals surface area (Å²) >= 11 is 3.42. The molecule has 1 aromatic carbocycles. The number of benzene rings is 1. The molecule has 0 fully saturated rings. The van der Waals surface area contributed by atoms with Gasteiger partial charge in [0.15, 0.2) is 5.82 Å². The second kappa shape index (κ2) is 5.09. The molecule has 0 saturated carbocycles. The monoisotopic (exact) mass is 328 g/mol. The van der Waals surface area contributed by atoms with Crippen molar-refractivity contribution in [1.82, 2.24) is 14.8 Å². The predicted octanol–water partition coefficient (Wildman–Crippen LogP) is 3.59. The van der Waals surface area contributed by atoms with E-state index in [2.05, 4.69) is 26.0 Å². The zero-order valence-electron chi connectivity index (χ0n) is 10.9. The molecule has 2 aromatic heterocycles. The van der Waals surface area contributed by atoms with Gasteiger partial charge in [0.1, 0.15) is 5.69 Å². The normalized spacial score (nSPS) is 10.7. The lowest BCUT2D eigenvalue weighted by Gasteiger charge is -2.01. The van der Waals surface area contributed by atoms with Gasteiger partial charge in [0, 0.05) is 16.2 Å². The summed E-state index contributed by atoms with van der Waals surface area (Å²) in [5.41, 5.74) is 9.58. The maximum atomic E-state index is 6.06. The minimum absolute atomic E-state index is 0.635. The molecule has 0 atom stereocenters. The first kappa shape index (κ1) is 12.9. The van der Waals surface area contributed by atoms with Gasteiger partial charge < -0.3 is 5.73 Å². The van der Waals surface area contributed by atoms with Gasteiger partial charge in [-0.2, -0.15) is 5.10 Å². The van der Waals surface area contributed by atoms with E-state index in [0.717, 1.165) is 27.1 Å². The van der Waals surface area contributed by atoms with Gasteiger partial charge in [-0.25, -0.2) is 9.67 Å². The second-order valence-electron chi connectivity index (χ2n) is 4.58. The van der Waals surface area contributed by atoms with Crippen LogP contribution in [0.15, 0.2) is 53.3 Å². The Morgan fingerprint density at radius 2 is 1.90 bits per heavy atom. The van der Waals surface area contributed by atoms with Crippen LogP contribution in [0.5, 0.6) is 0 Å². The van der Waals surface area contributed by atoms with Crippen molar-refractivity contribution < 1.29 is 0 Å². The molecule has 5 heteroatoms. The van der Waals surface area contributed by atoms with Gasteiger partial charge in [0.05, 0.1) is 11.9 Å². The number of hydrogen-bond acceptors (Lipinski definition) is 3. The molecule has 3 aromatic rings. The summed E-state index contributed by atoms with van der Waals surface area (Å²) in [7, 11) is 0. The van der Waals surface area contributed by atoms with Gasteiger partial charge in [0.2, 0.25) is 0 Å². The van der Waals surface area contributed by atoms with Crippen LogP contribution in [-0.2, 0) is 0 Å². The van der Waals surface area contributed by atoms with Crippen LogP contribution in [0.3, 0.4) is 0 Å². The fourth-order valence-corrected chi connectivity index (χ4v) is 2.25. The lowest BCUT2D eigenvalue weighted by Crippen LogP contribution is -1.98. The Morgan fingerprint density at radius 3 is 2.60 bits per heavy atom. The van der Waals surface area contributed by atoms with Crippen LogP contribution in [-0.4, -0.2) is 14.8 Å². The first-order valence-electron chi connectivity index (χ1n) is 6.17. The molecule has 2 N–H and O–H groups in total. The SMILES string of the molecule is Cc1ccnc(-n2cc(N)c(-c3ccc(Br)cc3)n2)c1. The minimum Gasteiger partial charge on any atom is -0.396 e. The topological polar surface area (TPSA) is 56.7 Å². The van der Waals surface area contributed by atoms with E-state index in [1.54, 1.807) is 17.1 Å². The smallest absolute Gasteiger partial charge is 0.153 e. The quantitative estimate of drug-likeness (QED) is 0.782. The maximum absolute atomic E-state index is 6.06. The molecule has 3 rings (SSSR count). The third-order valence-corrected chi connectivity index (χ3v) is 3.52. The van der Waals surface area contributed by atoms with E-state index in [1.165, 1.54) is 0 Å². The Hall–Kier alpha value is -2.14. The van der Waals surface area contributed by atoms with Crippen LogP contribution in [0, 0.1) is 6.92 Å². The molecule has 0 unspecified atom stereocenters. The summed E-state index contributed by atoms with van der Waals surface area (Å²) in [6, 6.07) is 11.8. The minimum atomic E-state index is 0.635. The van der Waals surface area contributed by atoms with Crippen molar-refractivity contribution in [2.45, 2.75) is 6.92 Å². The third kappa shape index (κ3) is 2.44. The molecule has 0 aliphatic rings. The Bertz CT molecular complexity index is 747. The Labute approximate surface area is 125 Å². The van der Waals surface area contributed by atoms with Crippen LogP contribution in [0.25, 0.3) is 17.1 Å². The van der Waals surface area contributed by atoms with Crippen molar-refractivity contribution in [1.29, 1.82) is 0 Å². The summed E-state index contributed by atoms with van der Waals surface area (Å²) in [5.74, 6) is 0.764. The highest BCUT2D eigenvalue weighted by molar-refractivity contribution is 9.10. The molecule has 0 spiro atoms. The summed E-state index contributed by atoms with van der Waals surface area (Å²) < 4.78 is 2.74. The number of hydrogen-bond donors (Lipinski definition) is 1. The van der Waals surface area contributed by atoms with Gasteiger partial charge in [-0.3, -0.25) is 0 Å². The summed E-state index contributed by atoms with van der Waals surface area (Å²) in [5, 5.41) is 4.53. The largest absolute Gasteiger partial charge is 0.396 e. The molecule has 0 amide bonds. The van der Waals surface area contributed by atoms with E-state index in [0.29, 0.717) is 5.69 Å². The molecule has 0 bridgehead atoms. The number of nitrogens with two attached hydrogens (primary N) is 1. The molecule has 0 radical (unpaired) electrons. The van der Waals surface area contributed by atoms with Gasteiger partial charge in [0.25, 0.3) is 0 Å². The summed E-state index contributed by atoms with van der Waals surface area (Å²) in [4.78, 5) is 4.31. The molecule has 0 aliphatic heterocycles. The number of nitrogens with zero attached hydrogens (tertiary/aromatic N) is 3. The van der Waals surface area contributed by atoms with Crippen LogP contribution in [0.4, 0.5) is 5.69 Å².